The minimum absolute atomic E-state index is 0.422. The molecule has 0 amide bonds. The van der Waals surface area contributed by atoms with E-state index in [9.17, 15) is 9.90 Å². The number of rotatable bonds is 3. The lowest BCUT2D eigenvalue weighted by atomic mass is 9.70. The van der Waals surface area contributed by atoms with E-state index in [1.54, 1.807) is 0 Å². The van der Waals surface area contributed by atoms with E-state index in [1.807, 2.05) is 0 Å². The van der Waals surface area contributed by atoms with Gasteiger partial charge in [0.15, 0.2) is 0 Å². The lowest BCUT2D eigenvalue weighted by molar-refractivity contribution is -0.123. The van der Waals surface area contributed by atoms with Gasteiger partial charge in [-0.15, -0.1) is 0 Å². The monoisotopic (exact) mass is 510 g/mol. The van der Waals surface area contributed by atoms with Crippen molar-refractivity contribution in [1.29, 1.82) is 0 Å². The maximum absolute atomic E-state index is 11.4. The maximum Gasteiger partial charge on any atom is 0.136 e. The van der Waals surface area contributed by atoms with E-state index in [4.69, 9.17) is 5.11 Å². The van der Waals surface area contributed by atoms with Crippen molar-refractivity contribution in [1.82, 2.24) is 0 Å². The van der Waals surface area contributed by atoms with Gasteiger partial charge in [-0.25, -0.2) is 0 Å². The summed E-state index contributed by atoms with van der Waals surface area (Å²) in [6.45, 7) is 3.25. The molecule has 0 saturated heterocycles. The van der Waals surface area contributed by atoms with Crippen LogP contribution in [0.5, 0.6) is 0 Å². The third-order valence-electron chi connectivity index (χ3n) is 14.6. The topological polar surface area (TPSA) is 57.5 Å². The molecule has 37 heavy (non-hydrogen) atoms. The van der Waals surface area contributed by atoms with Crippen LogP contribution in [0.25, 0.3) is 0 Å². The number of aliphatic hydroxyl groups excluding tert-OH is 2. The van der Waals surface area contributed by atoms with Crippen LogP contribution in [-0.2, 0) is 4.79 Å². The van der Waals surface area contributed by atoms with E-state index in [1.165, 1.54) is 83.5 Å². The van der Waals surface area contributed by atoms with Gasteiger partial charge >= 0.3 is 0 Å². The number of ketones is 1. The van der Waals surface area contributed by atoms with E-state index in [2.05, 4.69) is 6.92 Å². The Kier molecular flexibility index (Phi) is 7.05. The van der Waals surface area contributed by atoms with Gasteiger partial charge in [-0.1, -0.05) is 26.2 Å². The molecule has 0 aromatic rings. The Balaban J connectivity index is 0.0000000941. The number of hydrogen-bond donors (Lipinski definition) is 2. The molecule has 0 aliphatic heterocycles. The molecule has 0 heterocycles. The molecule has 2 N–H and O–H groups in total. The summed E-state index contributed by atoms with van der Waals surface area (Å²) in [5.74, 6) is 14.3. The molecule has 0 radical (unpaired) electrons. The quantitative estimate of drug-likeness (QED) is 0.441. The Labute approximate surface area is 225 Å². The van der Waals surface area contributed by atoms with Crippen LogP contribution >= 0.6 is 0 Å². The first-order valence-corrected chi connectivity index (χ1v) is 16.8. The predicted octanol–water partition coefficient (Wildman–Crippen LogP) is 6.75. The normalized spacial score (nSPS) is 55.1. The van der Waals surface area contributed by atoms with Crippen LogP contribution in [0.15, 0.2) is 0 Å². The van der Waals surface area contributed by atoms with Crippen LogP contribution in [0, 0.1) is 88.8 Å². The van der Waals surface area contributed by atoms with E-state index in [0.29, 0.717) is 30.8 Å². The Morgan fingerprint density at radius 2 is 1.27 bits per heavy atom. The number of hydrogen-bond acceptors (Lipinski definition) is 3. The predicted molar refractivity (Wildman–Crippen MR) is 146 cm³/mol. The van der Waals surface area contributed by atoms with Crippen molar-refractivity contribution in [3.63, 3.8) is 0 Å². The molecular formula is C34H54O3. The molecule has 208 valence electrons. The second kappa shape index (κ2) is 10.2. The number of Topliss-reactive ketones (excluding diaryl/α,β-unsaturated/α-hetero) is 1. The van der Waals surface area contributed by atoms with Crippen LogP contribution < -0.4 is 0 Å². The van der Waals surface area contributed by atoms with E-state index < -0.39 is 0 Å². The molecule has 0 aromatic heterocycles. The minimum atomic E-state index is 0.422. The first-order chi connectivity index (χ1) is 18.1. The highest BCUT2D eigenvalue weighted by molar-refractivity contribution is 5.85. The zero-order chi connectivity index (χ0) is 25.3. The molecule has 9 aliphatic carbocycles. The van der Waals surface area contributed by atoms with Gasteiger partial charge < -0.3 is 10.2 Å². The van der Waals surface area contributed by atoms with E-state index in [0.717, 1.165) is 89.8 Å². The number of carbonyl (C=O) groups excluding carboxylic acids is 1. The summed E-state index contributed by atoms with van der Waals surface area (Å²) in [6, 6.07) is 0. The molecule has 15 atom stereocenters. The minimum Gasteiger partial charge on any atom is -0.396 e. The maximum atomic E-state index is 11.4. The third-order valence-corrected chi connectivity index (χ3v) is 14.6. The van der Waals surface area contributed by atoms with Gasteiger partial charge in [-0.3, -0.25) is 4.79 Å². The Hall–Kier alpha value is -0.410. The summed E-state index contributed by atoms with van der Waals surface area (Å²) in [5.41, 5.74) is 0. The SMILES string of the molecule is CC1C2CC(C1CO)C1CCCC21.O=C1CC2CC1C1CCCC21.OCCC1CC2CC1C1CCCC21. The lowest BCUT2D eigenvalue weighted by Crippen LogP contribution is -2.32. The first-order valence-electron chi connectivity index (χ1n) is 16.8. The molecule has 9 saturated carbocycles. The smallest absolute Gasteiger partial charge is 0.136 e. The molecule has 6 bridgehead atoms. The fraction of sp³-hybridized carbons (Fsp3) is 0.971. The van der Waals surface area contributed by atoms with Gasteiger partial charge in [-0.2, -0.15) is 0 Å². The fourth-order valence-electron chi connectivity index (χ4n) is 13.4. The molecule has 0 spiro atoms. The van der Waals surface area contributed by atoms with Gasteiger partial charge in [0.25, 0.3) is 0 Å². The van der Waals surface area contributed by atoms with Crippen LogP contribution in [0.3, 0.4) is 0 Å². The Morgan fingerprint density at radius 1 is 0.649 bits per heavy atom. The molecule has 3 nitrogen and oxygen atoms in total. The molecule has 9 rings (SSSR count). The third kappa shape index (κ3) is 4.13. The molecule has 0 aromatic carbocycles. The standard InChI is InChI=1S/2C12H20O.C10H14O/c1-7-10-5-11(12(7)6-13)9-4-2-3-8(9)10;13-5-4-8-6-9-7-12(8)11-3-1-2-10(9)11;11-10-5-6-4-9(10)8-3-1-2-7(6)8/h7-13H,2-6H2,1H3;8-13H,1-7H2;6-9H,1-5H2. The summed E-state index contributed by atoms with van der Waals surface area (Å²) in [6.07, 6.45) is 20.8. The zero-order valence-electron chi connectivity index (χ0n) is 23.5. The van der Waals surface area contributed by atoms with Crippen molar-refractivity contribution in [2.24, 2.45) is 88.8 Å². The highest BCUT2D eigenvalue weighted by Gasteiger charge is 2.57. The van der Waals surface area contributed by atoms with E-state index in [-0.39, 0.29) is 0 Å². The average Bonchev–Trinajstić information content (AvgIpc) is 3.71. The van der Waals surface area contributed by atoms with Crippen LogP contribution in [0.4, 0.5) is 0 Å². The van der Waals surface area contributed by atoms with Crippen molar-refractivity contribution in [2.75, 3.05) is 13.2 Å². The highest BCUT2D eigenvalue weighted by Crippen LogP contribution is 2.63. The van der Waals surface area contributed by atoms with E-state index >= 15 is 0 Å². The molecular weight excluding hydrogens is 456 g/mol. The van der Waals surface area contributed by atoms with Crippen LogP contribution in [0.1, 0.15) is 103 Å². The molecule has 15 unspecified atom stereocenters. The van der Waals surface area contributed by atoms with Gasteiger partial charge in [0.05, 0.1) is 0 Å². The van der Waals surface area contributed by atoms with Crippen molar-refractivity contribution >= 4 is 5.78 Å². The summed E-state index contributed by atoms with van der Waals surface area (Å²) >= 11 is 0. The fourth-order valence-corrected chi connectivity index (χ4v) is 13.4. The summed E-state index contributed by atoms with van der Waals surface area (Å²) in [4.78, 5) is 11.4. The first kappa shape index (κ1) is 25.6. The zero-order valence-corrected chi connectivity index (χ0v) is 23.5. The van der Waals surface area contributed by atoms with Gasteiger partial charge in [0, 0.05) is 25.6 Å². The summed E-state index contributed by atoms with van der Waals surface area (Å²) in [5, 5.41) is 18.4. The summed E-state index contributed by atoms with van der Waals surface area (Å²) in [7, 11) is 0. The van der Waals surface area contributed by atoms with Crippen molar-refractivity contribution in [2.45, 2.75) is 103 Å². The number of aliphatic hydroxyl groups is 2. The van der Waals surface area contributed by atoms with Crippen LogP contribution in [-0.4, -0.2) is 29.2 Å². The van der Waals surface area contributed by atoms with Gasteiger partial charge in [0.1, 0.15) is 5.78 Å². The average molecular weight is 511 g/mol. The number of fused-ring (bicyclic) bond motifs is 15. The van der Waals surface area contributed by atoms with Crippen LogP contribution in [0.2, 0.25) is 0 Å². The highest BCUT2D eigenvalue weighted by atomic mass is 16.3. The van der Waals surface area contributed by atoms with Gasteiger partial charge in [-0.05, 0) is 153 Å². The second-order valence-corrected chi connectivity index (χ2v) is 15.5. The van der Waals surface area contributed by atoms with Gasteiger partial charge in [0.2, 0.25) is 0 Å². The molecule has 3 heteroatoms. The summed E-state index contributed by atoms with van der Waals surface area (Å²) < 4.78 is 0. The Bertz CT molecular complexity index is 833. The van der Waals surface area contributed by atoms with Crippen molar-refractivity contribution in [3.05, 3.63) is 0 Å². The second-order valence-electron chi connectivity index (χ2n) is 15.5. The largest absolute Gasteiger partial charge is 0.396 e. The molecule has 9 fully saturated rings. The van der Waals surface area contributed by atoms with Crippen molar-refractivity contribution in [3.8, 4) is 0 Å². The lowest BCUT2D eigenvalue weighted by Gasteiger charge is -2.35. The molecule has 9 aliphatic rings. The number of carbonyl (C=O) groups is 1. The Morgan fingerprint density at radius 3 is 1.97 bits per heavy atom. The van der Waals surface area contributed by atoms with Crippen molar-refractivity contribution < 1.29 is 15.0 Å².